The summed E-state index contributed by atoms with van der Waals surface area (Å²) in [7, 11) is 0. The molecule has 1 aliphatic carbocycles. The summed E-state index contributed by atoms with van der Waals surface area (Å²) in [6, 6.07) is 3.16. The lowest BCUT2D eigenvalue weighted by molar-refractivity contribution is 0.180. The molecule has 1 aromatic rings. The number of allylic oxidation sites excluding steroid dienone is 2. The summed E-state index contributed by atoms with van der Waals surface area (Å²) < 4.78 is 0. The topological polar surface area (TPSA) is 20.2 Å². The van der Waals surface area contributed by atoms with Crippen molar-refractivity contribution >= 4 is 75.2 Å². The quantitative estimate of drug-likeness (QED) is 0.490. The van der Waals surface area contributed by atoms with Crippen molar-refractivity contribution in [2.45, 2.75) is 10.4 Å². The first-order valence-corrected chi connectivity index (χ1v) is 7.36. The molecule has 2 unspecified atom stereocenters. The van der Waals surface area contributed by atoms with Crippen molar-refractivity contribution in [1.82, 2.24) is 0 Å². The number of benzene rings is 1. The Balaban J connectivity index is 2.56. The molecular weight excluding hydrogens is 373 g/mol. The lowest BCUT2D eigenvalue weighted by Gasteiger charge is -2.28. The van der Waals surface area contributed by atoms with Crippen LogP contribution in [0.25, 0.3) is 5.57 Å². The molecule has 1 aromatic carbocycles. The van der Waals surface area contributed by atoms with E-state index in [2.05, 4.69) is 0 Å². The molecule has 2 atom stereocenters. The average molecular weight is 379 g/mol. The number of hydrogen-bond donors (Lipinski definition) is 1. The van der Waals surface area contributed by atoms with Crippen LogP contribution in [0.2, 0.25) is 15.1 Å². The molecule has 0 aliphatic heterocycles. The zero-order chi connectivity index (χ0) is 14.4. The maximum atomic E-state index is 9.86. The third kappa shape index (κ3) is 3.03. The van der Waals surface area contributed by atoms with Gasteiger partial charge in [-0.1, -0.05) is 64.1 Å². The van der Waals surface area contributed by atoms with E-state index < -0.39 is 10.4 Å². The Labute approximate surface area is 140 Å². The zero-order valence-corrected chi connectivity index (χ0v) is 13.6. The molecule has 102 valence electrons. The minimum atomic E-state index is -1.83. The molecule has 0 radical (unpaired) electrons. The lowest BCUT2D eigenvalue weighted by atomic mass is 9.97. The number of hydrogen-bond acceptors (Lipinski definition) is 1. The van der Waals surface area contributed by atoms with Crippen LogP contribution in [0.15, 0.2) is 29.3 Å². The van der Waals surface area contributed by atoms with Gasteiger partial charge >= 0.3 is 0 Å². The van der Waals surface area contributed by atoms with E-state index >= 15 is 0 Å². The Morgan fingerprint density at radius 1 is 1.11 bits per heavy atom. The first-order chi connectivity index (χ1) is 8.73. The molecule has 0 spiro atoms. The first-order valence-electron chi connectivity index (χ1n) is 5.03. The minimum Gasteiger partial charge on any atom is -0.369 e. The van der Waals surface area contributed by atoms with Crippen LogP contribution < -0.4 is 0 Å². The Hall–Kier alpha value is 0.400. The predicted octanol–water partition coefficient (Wildman–Crippen LogP) is 5.70. The Morgan fingerprint density at radius 2 is 1.74 bits per heavy atom. The fourth-order valence-electron chi connectivity index (χ4n) is 1.62. The van der Waals surface area contributed by atoms with E-state index in [1.807, 2.05) is 0 Å². The standard InChI is InChI=1S/C12H6Cl6O/c13-6-3-7(11(17)8(14)4-6)5-1-9(15)12(18,19)10(16)2-5/h1-4,9,19H. The van der Waals surface area contributed by atoms with Gasteiger partial charge in [0.2, 0.25) is 0 Å². The van der Waals surface area contributed by atoms with Gasteiger partial charge in [0, 0.05) is 10.6 Å². The van der Waals surface area contributed by atoms with Gasteiger partial charge in [-0.15, -0.1) is 11.6 Å². The second kappa shape index (κ2) is 5.65. The van der Waals surface area contributed by atoms with Gasteiger partial charge in [-0.25, -0.2) is 0 Å². The van der Waals surface area contributed by atoms with Crippen molar-refractivity contribution < 1.29 is 5.11 Å². The molecule has 0 heterocycles. The first kappa shape index (κ1) is 15.8. The van der Waals surface area contributed by atoms with Crippen LogP contribution in [0.4, 0.5) is 0 Å². The maximum absolute atomic E-state index is 9.86. The highest BCUT2D eigenvalue weighted by molar-refractivity contribution is 6.45. The van der Waals surface area contributed by atoms with Crippen molar-refractivity contribution in [1.29, 1.82) is 0 Å². The van der Waals surface area contributed by atoms with Crippen LogP contribution in [-0.2, 0) is 0 Å². The van der Waals surface area contributed by atoms with Gasteiger partial charge in [0.1, 0.15) is 5.38 Å². The monoisotopic (exact) mass is 376 g/mol. The van der Waals surface area contributed by atoms with Gasteiger partial charge in [-0.3, -0.25) is 0 Å². The Morgan fingerprint density at radius 3 is 2.32 bits per heavy atom. The SMILES string of the molecule is OC1(Cl)C(Cl)=CC(c2cc(Cl)cc(Cl)c2Cl)=CC1Cl. The molecule has 1 aliphatic rings. The molecule has 2 rings (SSSR count). The number of alkyl halides is 2. The van der Waals surface area contributed by atoms with E-state index in [1.165, 1.54) is 18.2 Å². The summed E-state index contributed by atoms with van der Waals surface area (Å²) in [5.41, 5.74) is 1.15. The highest BCUT2D eigenvalue weighted by Crippen LogP contribution is 2.43. The zero-order valence-electron chi connectivity index (χ0n) is 9.10. The van der Waals surface area contributed by atoms with Crippen LogP contribution in [-0.4, -0.2) is 15.5 Å². The minimum absolute atomic E-state index is 0.00108. The Kier molecular flexibility index (Phi) is 4.69. The van der Waals surface area contributed by atoms with E-state index in [0.29, 0.717) is 26.2 Å². The predicted molar refractivity (Wildman–Crippen MR) is 83.8 cm³/mol. The molecule has 1 N–H and O–H groups in total. The van der Waals surface area contributed by atoms with E-state index in [9.17, 15) is 5.11 Å². The van der Waals surface area contributed by atoms with Gasteiger partial charge in [-0.2, -0.15) is 0 Å². The van der Waals surface area contributed by atoms with E-state index in [1.54, 1.807) is 6.07 Å². The fraction of sp³-hybridized carbons (Fsp3) is 0.167. The van der Waals surface area contributed by atoms with Gasteiger partial charge in [0.15, 0.2) is 5.06 Å². The van der Waals surface area contributed by atoms with Gasteiger partial charge < -0.3 is 5.11 Å². The van der Waals surface area contributed by atoms with Crippen molar-refractivity contribution in [3.05, 3.63) is 49.9 Å². The van der Waals surface area contributed by atoms with E-state index in [0.717, 1.165) is 0 Å². The molecule has 0 amide bonds. The van der Waals surface area contributed by atoms with E-state index in [4.69, 9.17) is 69.6 Å². The summed E-state index contributed by atoms with van der Waals surface area (Å²) in [4.78, 5) is 0. The second-order valence-corrected chi connectivity index (χ2v) is 6.61. The molecule has 1 nitrogen and oxygen atoms in total. The van der Waals surface area contributed by atoms with Crippen LogP contribution in [0.1, 0.15) is 5.56 Å². The van der Waals surface area contributed by atoms with Crippen LogP contribution >= 0.6 is 69.6 Å². The highest BCUT2D eigenvalue weighted by Gasteiger charge is 2.38. The molecule has 7 heteroatoms. The van der Waals surface area contributed by atoms with Crippen LogP contribution in [0.3, 0.4) is 0 Å². The summed E-state index contributed by atoms with van der Waals surface area (Å²) in [5, 5.41) is 8.18. The summed E-state index contributed by atoms with van der Waals surface area (Å²) in [6.07, 6.45) is 3.01. The van der Waals surface area contributed by atoms with E-state index in [-0.39, 0.29) is 5.03 Å². The normalized spacial score (nSPS) is 27.0. The number of rotatable bonds is 1. The highest BCUT2D eigenvalue weighted by atomic mass is 35.5. The molecule has 19 heavy (non-hydrogen) atoms. The maximum Gasteiger partial charge on any atom is 0.195 e. The van der Waals surface area contributed by atoms with Crippen LogP contribution in [0, 0.1) is 0 Å². The summed E-state index contributed by atoms with van der Waals surface area (Å²) in [5.74, 6) is 0. The number of aliphatic hydroxyl groups is 1. The van der Waals surface area contributed by atoms with Crippen molar-refractivity contribution in [3.63, 3.8) is 0 Å². The molecule has 0 aromatic heterocycles. The lowest BCUT2D eigenvalue weighted by Crippen LogP contribution is -2.34. The molecular formula is C12H6Cl6O. The third-order valence-corrected chi connectivity index (χ3v) is 5.12. The summed E-state index contributed by atoms with van der Waals surface area (Å²) in [6.45, 7) is 0. The molecule has 0 saturated heterocycles. The van der Waals surface area contributed by atoms with Gasteiger partial charge in [0.25, 0.3) is 0 Å². The second-order valence-electron chi connectivity index (χ2n) is 3.94. The number of halogens is 6. The molecule has 0 bridgehead atoms. The largest absolute Gasteiger partial charge is 0.369 e. The van der Waals surface area contributed by atoms with Crippen LogP contribution in [0.5, 0.6) is 0 Å². The fourth-order valence-corrected chi connectivity index (χ4v) is 2.99. The molecule has 0 fully saturated rings. The smallest absolute Gasteiger partial charge is 0.195 e. The Bertz CT molecular complexity index is 590. The van der Waals surface area contributed by atoms with Gasteiger partial charge in [0.05, 0.1) is 15.1 Å². The van der Waals surface area contributed by atoms with Crippen molar-refractivity contribution in [2.75, 3.05) is 0 Å². The molecule has 0 saturated carbocycles. The third-order valence-electron chi connectivity index (χ3n) is 2.61. The average Bonchev–Trinajstić information content (AvgIpc) is 2.30. The van der Waals surface area contributed by atoms with Crippen molar-refractivity contribution in [3.8, 4) is 0 Å². The van der Waals surface area contributed by atoms with Gasteiger partial charge in [-0.05, 0) is 23.8 Å². The summed E-state index contributed by atoms with van der Waals surface area (Å²) >= 11 is 35.8. The van der Waals surface area contributed by atoms with Crippen molar-refractivity contribution in [2.24, 2.45) is 0 Å².